The minimum atomic E-state index is -0.117. The summed E-state index contributed by atoms with van der Waals surface area (Å²) in [5.41, 5.74) is 0.847. The molecule has 1 aliphatic carbocycles. The molecular weight excluding hydrogens is 416 g/mol. The molecule has 0 atom stereocenters. The number of amides is 1. The van der Waals surface area contributed by atoms with Crippen molar-refractivity contribution < 1.29 is 14.3 Å². The average molecular weight is 437 g/mol. The number of nitrogens with zero attached hydrogens (tertiary/aromatic N) is 1. The first-order valence-corrected chi connectivity index (χ1v) is 10.1. The zero-order valence-electron chi connectivity index (χ0n) is 14.6. The summed E-state index contributed by atoms with van der Waals surface area (Å²) in [4.78, 5) is 17.5. The van der Waals surface area contributed by atoms with E-state index in [2.05, 4.69) is 32.8 Å². The number of nitrogens with one attached hydrogen (secondary N) is 1. The van der Waals surface area contributed by atoms with Crippen LogP contribution >= 0.6 is 27.7 Å². The van der Waals surface area contributed by atoms with Crippen molar-refractivity contribution in [3.63, 3.8) is 0 Å². The van der Waals surface area contributed by atoms with Crippen molar-refractivity contribution in [2.75, 3.05) is 13.7 Å². The van der Waals surface area contributed by atoms with Crippen LogP contribution in [0.25, 0.3) is 6.08 Å². The number of ether oxygens (including phenoxy) is 2. The Bertz CT molecular complexity index is 770. The van der Waals surface area contributed by atoms with Gasteiger partial charge in [-0.2, -0.15) is 0 Å². The normalized spacial score (nSPS) is 20.6. The van der Waals surface area contributed by atoms with Crippen LogP contribution in [0.3, 0.4) is 0 Å². The van der Waals surface area contributed by atoms with Crippen LogP contribution in [0, 0.1) is 0 Å². The molecule has 5 nitrogen and oxygen atoms in total. The second kappa shape index (κ2) is 8.77. The van der Waals surface area contributed by atoms with E-state index in [0.29, 0.717) is 34.2 Å². The Kier molecular flexibility index (Phi) is 6.43. The van der Waals surface area contributed by atoms with E-state index >= 15 is 0 Å². The molecule has 7 heteroatoms. The van der Waals surface area contributed by atoms with Gasteiger partial charge in [-0.05, 0) is 64.3 Å². The predicted molar refractivity (Wildman–Crippen MR) is 110 cm³/mol. The van der Waals surface area contributed by atoms with E-state index in [1.165, 1.54) is 24.6 Å². The Balaban J connectivity index is 1.81. The van der Waals surface area contributed by atoms with E-state index in [9.17, 15) is 4.79 Å². The van der Waals surface area contributed by atoms with Gasteiger partial charge in [0.1, 0.15) is 6.61 Å². The van der Waals surface area contributed by atoms with Crippen molar-refractivity contribution in [2.24, 2.45) is 4.99 Å². The van der Waals surface area contributed by atoms with E-state index in [1.807, 2.05) is 18.2 Å². The monoisotopic (exact) mass is 436 g/mol. The fourth-order valence-electron chi connectivity index (χ4n) is 2.94. The van der Waals surface area contributed by atoms with Gasteiger partial charge in [-0.3, -0.25) is 9.79 Å². The molecule has 1 aromatic carbocycles. The third-order valence-corrected chi connectivity index (χ3v) is 5.68. The van der Waals surface area contributed by atoms with E-state index < -0.39 is 0 Å². The fourth-order valence-corrected chi connectivity index (χ4v) is 4.41. The van der Waals surface area contributed by atoms with Crippen molar-refractivity contribution in [3.8, 4) is 11.5 Å². The SMILES string of the molecule is C=CCOc1c(Br)cc(/C=C2\SC(=NC3CCCC3)NC2=O)cc1OC. The van der Waals surface area contributed by atoms with Gasteiger partial charge in [0.25, 0.3) is 5.91 Å². The first-order chi connectivity index (χ1) is 12.6. The van der Waals surface area contributed by atoms with Crippen LogP contribution < -0.4 is 14.8 Å². The molecule has 0 radical (unpaired) electrons. The zero-order valence-corrected chi connectivity index (χ0v) is 17.0. The summed E-state index contributed by atoms with van der Waals surface area (Å²) in [6.07, 6.45) is 8.16. The molecule has 1 aromatic rings. The molecule has 0 spiro atoms. The molecule has 2 aliphatic rings. The van der Waals surface area contributed by atoms with Crippen molar-refractivity contribution >= 4 is 44.8 Å². The van der Waals surface area contributed by atoms with Gasteiger partial charge in [0, 0.05) is 0 Å². The number of hydrogen-bond donors (Lipinski definition) is 1. The summed E-state index contributed by atoms with van der Waals surface area (Å²) in [6.45, 7) is 4.03. The minimum Gasteiger partial charge on any atom is -0.493 e. The Morgan fingerprint density at radius 1 is 1.42 bits per heavy atom. The summed E-state index contributed by atoms with van der Waals surface area (Å²) in [5, 5.41) is 3.56. The number of carbonyl (C=O) groups excluding carboxylic acids is 1. The molecule has 1 amide bonds. The fraction of sp³-hybridized carbons (Fsp3) is 0.368. The minimum absolute atomic E-state index is 0.117. The van der Waals surface area contributed by atoms with Gasteiger partial charge in [0.15, 0.2) is 16.7 Å². The number of hydrogen-bond acceptors (Lipinski definition) is 5. The number of carbonyl (C=O) groups is 1. The van der Waals surface area contributed by atoms with E-state index in [4.69, 9.17) is 9.47 Å². The molecule has 1 aliphatic heterocycles. The molecule has 0 unspecified atom stereocenters. The molecule has 2 fully saturated rings. The first-order valence-electron chi connectivity index (χ1n) is 8.50. The highest BCUT2D eigenvalue weighted by Crippen LogP contribution is 2.38. The van der Waals surface area contributed by atoms with Crippen LogP contribution in [0.2, 0.25) is 0 Å². The maximum Gasteiger partial charge on any atom is 0.264 e. The Labute approximate surface area is 166 Å². The summed E-state index contributed by atoms with van der Waals surface area (Å²) in [5.74, 6) is 1.09. The van der Waals surface area contributed by atoms with Gasteiger partial charge >= 0.3 is 0 Å². The lowest BCUT2D eigenvalue weighted by atomic mass is 10.2. The molecule has 0 aromatic heterocycles. The molecule has 3 rings (SSSR count). The summed E-state index contributed by atoms with van der Waals surface area (Å²) >= 11 is 4.89. The molecular formula is C19H21BrN2O3S. The number of thioether (sulfide) groups is 1. The van der Waals surface area contributed by atoms with Crippen LogP contribution in [-0.2, 0) is 4.79 Å². The predicted octanol–water partition coefficient (Wildman–Crippen LogP) is 4.53. The third kappa shape index (κ3) is 4.51. The molecule has 138 valence electrons. The lowest BCUT2D eigenvalue weighted by molar-refractivity contribution is -0.115. The maximum absolute atomic E-state index is 12.3. The molecule has 1 N–H and O–H groups in total. The highest BCUT2D eigenvalue weighted by atomic mass is 79.9. The van der Waals surface area contributed by atoms with Crippen LogP contribution in [0.15, 0.2) is 39.2 Å². The Morgan fingerprint density at radius 2 is 2.19 bits per heavy atom. The Morgan fingerprint density at radius 3 is 2.88 bits per heavy atom. The number of benzene rings is 1. The van der Waals surface area contributed by atoms with Gasteiger partial charge in [-0.1, -0.05) is 25.5 Å². The largest absolute Gasteiger partial charge is 0.493 e. The highest BCUT2D eigenvalue weighted by Gasteiger charge is 2.26. The van der Waals surface area contributed by atoms with Crippen LogP contribution in [0.4, 0.5) is 0 Å². The first kappa shape index (κ1) is 19.0. The molecule has 1 saturated carbocycles. The second-order valence-corrected chi connectivity index (χ2v) is 7.96. The number of amidine groups is 1. The number of methoxy groups -OCH3 is 1. The van der Waals surface area contributed by atoms with Gasteiger partial charge < -0.3 is 14.8 Å². The number of aliphatic imine (C=N–C) groups is 1. The van der Waals surface area contributed by atoms with Crippen molar-refractivity contribution in [1.29, 1.82) is 0 Å². The van der Waals surface area contributed by atoms with E-state index in [0.717, 1.165) is 22.9 Å². The quantitative estimate of drug-likeness (QED) is 0.525. The molecule has 1 heterocycles. The molecule has 1 saturated heterocycles. The van der Waals surface area contributed by atoms with Gasteiger partial charge in [0.2, 0.25) is 0 Å². The average Bonchev–Trinajstić information content (AvgIpc) is 3.24. The van der Waals surface area contributed by atoms with Crippen LogP contribution in [0.5, 0.6) is 11.5 Å². The van der Waals surface area contributed by atoms with Crippen LogP contribution in [-0.4, -0.2) is 30.8 Å². The summed E-state index contributed by atoms with van der Waals surface area (Å²) in [7, 11) is 1.59. The number of rotatable bonds is 6. The molecule has 0 bridgehead atoms. The Hall–Kier alpha value is -1.73. The second-order valence-electron chi connectivity index (χ2n) is 6.07. The van der Waals surface area contributed by atoms with Crippen molar-refractivity contribution in [2.45, 2.75) is 31.7 Å². The van der Waals surface area contributed by atoms with Crippen molar-refractivity contribution in [1.82, 2.24) is 5.32 Å². The van der Waals surface area contributed by atoms with Gasteiger partial charge in [0.05, 0.1) is 22.5 Å². The number of halogens is 1. The third-order valence-electron chi connectivity index (χ3n) is 4.17. The lowest BCUT2D eigenvalue weighted by Crippen LogP contribution is -2.21. The highest BCUT2D eigenvalue weighted by molar-refractivity contribution is 9.10. The van der Waals surface area contributed by atoms with Crippen molar-refractivity contribution in [3.05, 3.63) is 39.7 Å². The lowest BCUT2D eigenvalue weighted by Gasteiger charge is -2.12. The van der Waals surface area contributed by atoms with Crippen LogP contribution in [0.1, 0.15) is 31.2 Å². The summed E-state index contributed by atoms with van der Waals surface area (Å²) in [6, 6.07) is 4.08. The standard InChI is InChI=1S/C19H21BrN2O3S/c1-3-8-25-17-14(20)9-12(10-15(17)24-2)11-16-18(23)22-19(26-16)21-13-6-4-5-7-13/h3,9-11,13H,1,4-8H2,2H3,(H,21,22,23)/b16-11-. The zero-order chi connectivity index (χ0) is 18.5. The van der Waals surface area contributed by atoms with E-state index in [-0.39, 0.29) is 5.91 Å². The van der Waals surface area contributed by atoms with Gasteiger partial charge in [-0.25, -0.2) is 0 Å². The molecule has 26 heavy (non-hydrogen) atoms. The topological polar surface area (TPSA) is 59.9 Å². The summed E-state index contributed by atoms with van der Waals surface area (Å²) < 4.78 is 11.8. The van der Waals surface area contributed by atoms with E-state index in [1.54, 1.807) is 13.2 Å². The smallest absolute Gasteiger partial charge is 0.264 e. The van der Waals surface area contributed by atoms with Gasteiger partial charge in [-0.15, -0.1) is 0 Å². The maximum atomic E-state index is 12.3.